The van der Waals surface area contributed by atoms with Crippen molar-refractivity contribution in [1.29, 1.82) is 0 Å². The fraction of sp³-hybridized carbons (Fsp3) is 0.500. The van der Waals surface area contributed by atoms with Crippen LogP contribution in [0.5, 0.6) is 0 Å². The first-order valence-electron chi connectivity index (χ1n) is 9.42. The van der Waals surface area contributed by atoms with E-state index in [0.29, 0.717) is 22.0 Å². The zero-order valence-electron chi connectivity index (χ0n) is 15.9. The quantitative estimate of drug-likeness (QED) is 0.701. The maximum atomic E-state index is 6.06. The number of anilines is 2. The van der Waals surface area contributed by atoms with Crippen LogP contribution in [-0.4, -0.2) is 36.6 Å². The fourth-order valence-corrected chi connectivity index (χ4v) is 4.07. The number of nitrogens with one attached hydrogen (secondary N) is 2. The minimum absolute atomic E-state index is 0.449. The van der Waals surface area contributed by atoms with Crippen LogP contribution >= 0.6 is 23.2 Å². The van der Waals surface area contributed by atoms with Crippen molar-refractivity contribution >= 4 is 35.0 Å². The molecule has 1 aliphatic rings. The first kappa shape index (κ1) is 20.2. The minimum Gasteiger partial charge on any atom is -0.363 e. The topological polar surface area (TPSA) is 53.1 Å². The van der Waals surface area contributed by atoms with E-state index in [-0.39, 0.29) is 0 Å². The van der Waals surface area contributed by atoms with Crippen LogP contribution in [0.4, 0.5) is 11.8 Å². The molecule has 0 radical (unpaired) electrons. The first-order chi connectivity index (χ1) is 13.0. The molecule has 1 fully saturated rings. The molecule has 3 rings (SSSR count). The van der Waals surface area contributed by atoms with Gasteiger partial charge in [0.05, 0.1) is 0 Å². The lowest BCUT2D eigenvalue weighted by molar-refractivity contribution is 0.324. The van der Waals surface area contributed by atoms with Crippen molar-refractivity contribution in [2.24, 2.45) is 5.92 Å². The summed E-state index contributed by atoms with van der Waals surface area (Å²) in [5.41, 5.74) is 1.13. The molecule has 0 bridgehead atoms. The second-order valence-corrected chi connectivity index (χ2v) is 8.28. The Kier molecular flexibility index (Phi) is 7.16. The van der Waals surface area contributed by atoms with Gasteiger partial charge in [0.1, 0.15) is 5.82 Å². The third-order valence-corrected chi connectivity index (χ3v) is 5.40. The highest BCUT2D eigenvalue weighted by Crippen LogP contribution is 2.26. The van der Waals surface area contributed by atoms with E-state index in [1.54, 1.807) is 6.07 Å². The van der Waals surface area contributed by atoms with Crippen LogP contribution in [0.2, 0.25) is 10.0 Å². The van der Waals surface area contributed by atoms with E-state index in [2.05, 4.69) is 20.6 Å². The predicted octanol–water partition coefficient (Wildman–Crippen LogP) is 4.61. The number of hydrogen-bond acceptors (Lipinski definition) is 5. The van der Waals surface area contributed by atoms with E-state index in [4.69, 9.17) is 23.2 Å². The lowest BCUT2D eigenvalue weighted by atomic mass is 9.86. The summed E-state index contributed by atoms with van der Waals surface area (Å²) in [7, 11) is 3.98. The summed E-state index contributed by atoms with van der Waals surface area (Å²) in [6, 6.07) is 8.05. The number of hydrogen-bond donors (Lipinski definition) is 2. The van der Waals surface area contributed by atoms with Gasteiger partial charge < -0.3 is 15.5 Å². The van der Waals surface area contributed by atoms with E-state index in [0.717, 1.165) is 43.3 Å². The molecule has 7 heteroatoms. The Morgan fingerprint density at radius 2 is 1.78 bits per heavy atom. The second kappa shape index (κ2) is 9.58. The molecule has 0 saturated heterocycles. The number of benzene rings is 1. The van der Waals surface area contributed by atoms with Gasteiger partial charge in [-0.3, -0.25) is 0 Å². The van der Waals surface area contributed by atoms with E-state index >= 15 is 0 Å². The molecule has 1 saturated carbocycles. The third kappa shape index (κ3) is 6.23. The zero-order chi connectivity index (χ0) is 19.2. The van der Waals surface area contributed by atoms with Crippen LogP contribution < -0.4 is 15.5 Å². The van der Waals surface area contributed by atoms with Crippen molar-refractivity contribution in [3.05, 3.63) is 46.1 Å². The highest BCUT2D eigenvalue weighted by atomic mass is 35.5. The summed E-state index contributed by atoms with van der Waals surface area (Å²) in [4.78, 5) is 10.9. The van der Waals surface area contributed by atoms with Crippen molar-refractivity contribution in [3.8, 4) is 0 Å². The number of rotatable bonds is 7. The highest BCUT2D eigenvalue weighted by molar-refractivity contribution is 6.34. The smallest absolute Gasteiger partial charge is 0.224 e. The van der Waals surface area contributed by atoms with Gasteiger partial charge in [-0.2, -0.15) is 4.98 Å². The molecular formula is C20H27Cl2N5. The van der Waals surface area contributed by atoms with Gasteiger partial charge in [0, 0.05) is 42.9 Å². The van der Waals surface area contributed by atoms with Gasteiger partial charge in [-0.05, 0) is 68.0 Å². The average molecular weight is 408 g/mol. The molecular weight excluding hydrogens is 381 g/mol. The van der Waals surface area contributed by atoms with Crippen LogP contribution in [0.15, 0.2) is 30.5 Å². The van der Waals surface area contributed by atoms with E-state index < -0.39 is 0 Å². The molecule has 146 valence electrons. The average Bonchev–Trinajstić information content (AvgIpc) is 2.63. The van der Waals surface area contributed by atoms with E-state index in [1.807, 2.05) is 43.4 Å². The Labute approximate surface area is 171 Å². The van der Waals surface area contributed by atoms with Gasteiger partial charge >= 0.3 is 0 Å². The Hall–Kier alpha value is -1.56. The molecule has 0 atom stereocenters. The summed E-state index contributed by atoms with van der Waals surface area (Å²) < 4.78 is 0. The Morgan fingerprint density at radius 1 is 1.07 bits per heavy atom. The summed E-state index contributed by atoms with van der Waals surface area (Å²) in [5.74, 6) is 2.35. The van der Waals surface area contributed by atoms with Crippen molar-refractivity contribution in [3.63, 3.8) is 0 Å². The van der Waals surface area contributed by atoms with Gasteiger partial charge in [-0.1, -0.05) is 23.2 Å². The van der Waals surface area contributed by atoms with Gasteiger partial charge in [0.2, 0.25) is 5.95 Å². The Morgan fingerprint density at radius 3 is 2.44 bits per heavy atom. The molecule has 1 aromatic heterocycles. The van der Waals surface area contributed by atoms with Crippen molar-refractivity contribution in [2.45, 2.75) is 38.3 Å². The Balaban J connectivity index is 1.40. The van der Waals surface area contributed by atoms with Crippen LogP contribution in [-0.2, 0) is 6.54 Å². The Bertz CT molecular complexity index is 725. The van der Waals surface area contributed by atoms with E-state index in [9.17, 15) is 0 Å². The standard InChI is InChI=1S/C20H27Cl2N5/c1-27(2)19-7-8-24-20(26-19)25-18-5-3-14(4-6-18)12-23-13-15-9-16(21)11-17(22)10-15/h7-11,14,18,23H,3-6,12-13H2,1-2H3,(H,24,25,26). The van der Waals surface area contributed by atoms with Gasteiger partial charge in [0.15, 0.2) is 0 Å². The lowest BCUT2D eigenvalue weighted by Crippen LogP contribution is -2.31. The molecule has 1 aliphatic carbocycles. The molecule has 1 heterocycles. The zero-order valence-corrected chi connectivity index (χ0v) is 17.4. The summed E-state index contributed by atoms with van der Waals surface area (Å²) in [6.07, 6.45) is 6.50. The van der Waals surface area contributed by atoms with Gasteiger partial charge in [0.25, 0.3) is 0 Å². The number of halogens is 2. The van der Waals surface area contributed by atoms with Crippen LogP contribution in [0, 0.1) is 5.92 Å². The molecule has 27 heavy (non-hydrogen) atoms. The molecule has 0 amide bonds. The largest absolute Gasteiger partial charge is 0.363 e. The molecule has 0 aliphatic heterocycles. The summed E-state index contributed by atoms with van der Waals surface area (Å²) >= 11 is 12.1. The molecule has 2 aromatic rings. The van der Waals surface area contributed by atoms with Crippen molar-refractivity contribution in [1.82, 2.24) is 15.3 Å². The van der Waals surface area contributed by atoms with Crippen LogP contribution in [0.25, 0.3) is 0 Å². The second-order valence-electron chi connectivity index (χ2n) is 7.40. The maximum absolute atomic E-state index is 6.06. The van der Waals surface area contributed by atoms with Crippen molar-refractivity contribution < 1.29 is 0 Å². The van der Waals surface area contributed by atoms with Crippen LogP contribution in [0.3, 0.4) is 0 Å². The van der Waals surface area contributed by atoms with Crippen molar-refractivity contribution in [2.75, 3.05) is 30.9 Å². The minimum atomic E-state index is 0.449. The van der Waals surface area contributed by atoms with Crippen LogP contribution in [0.1, 0.15) is 31.2 Å². The molecule has 0 unspecified atom stereocenters. The molecule has 1 aromatic carbocycles. The number of nitrogens with zero attached hydrogens (tertiary/aromatic N) is 3. The third-order valence-electron chi connectivity index (χ3n) is 4.96. The molecule has 5 nitrogen and oxygen atoms in total. The molecule has 2 N–H and O–H groups in total. The van der Waals surface area contributed by atoms with Gasteiger partial charge in [-0.25, -0.2) is 4.98 Å². The number of aromatic nitrogens is 2. The summed E-state index contributed by atoms with van der Waals surface area (Å²) in [5, 5.41) is 8.41. The molecule has 0 spiro atoms. The fourth-order valence-electron chi connectivity index (χ4n) is 3.49. The lowest BCUT2D eigenvalue weighted by Gasteiger charge is -2.29. The van der Waals surface area contributed by atoms with E-state index in [1.165, 1.54) is 12.8 Å². The summed E-state index contributed by atoms with van der Waals surface area (Å²) in [6.45, 7) is 1.81. The highest BCUT2D eigenvalue weighted by Gasteiger charge is 2.21. The normalized spacial score (nSPS) is 19.7. The van der Waals surface area contributed by atoms with Gasteiger partial charge in [-0.15, -0.1) is 0 Å². The predicted molar refractivity (Wildman–Crippen MR) is 114 cm³/mol. The monoisotopic (exact) mass is 407 g/mol. The SMILES string of the molecule is CN(C)c1ccnc(NC2CCC(CNCc3cc(Cl)cc(Cl)c3)CC2)n1. The first-order valence-corrected chi connectivity index (χ1v) is 10.2. The maximum Gasteiger partial charge on any atom is 0.224 e.